The monoisotopic (exact) mass is 498 g/mol. The predicted molar refractivity (Wildman–Crippen MR) is 126 cm³/mol. The van der Waals surface area contributed by atoms with Crippen LogP contribution in [0, 0.1) is 5.41 Å². The van der Waals surface area contributed by atoms with E-state index in [1.165, 1.54) is 43.2 Å². The highest BCUT2D eigenvalue weighted by Crippen LogP contribution is 2.40. The second kappa shape index (κ2) is 11.0. The largest absolute Gasteiger partial charge is 0.356 e. The summed E-state index contributed by atoms with van der Waals surface area (Å²) in [6.07, 6.45) is 7.97. The summed E-state index contributed by atoms with van der Waals surface area (Å²) in [4.78, 5) is 18.8. The van der Waals surface area contributed by atoms with E-state index in [1.807, 2.05) is 24.1 Å². The van der Waals surface area contributed by atoms with E-state index in [0.29, 0.717) is 11.8 Å². The fraction of sp³-hybridized carbons (Fsp3) is 0.636. The van der Waals surface area contributed by atoms with Gasteiger partial charge in [0.2, 0.25) is 5.91 Å². The average molecular weight is 498 g/mol. The maximum atomic E-state index is 12.5. The molecule has 1 fully saturated rings. The number of aliphatic imine (C=N–C) groups is 1. The van der Waals surface area contributed by atoms with Gasteiger partial charge in [-0.1, -0.05) is 44.0 Å². The van der Waals surface area contributed by atoms with Crippen LogP contribution in [-0.4, -0.2) is 36.9 Å². The Hall–Kier alpha value is -1.31. The second-order valence-corrected chi connectivity index (χ2v) is 8.04. The van der Waals surface area contributed by atoms with Crippen LogP contribution in [0.1, 0.15) is 63.0 Å². The number of rotatable bonds is 7. The number of guanidine groups is 1. The normalized spacial score (nSPS) is 17.8. The van der Waals surface area contributed by atoms with Gasteiger partial charge in [-0.3, -0.25) is 9.79 Å². The van der Waals surface area contributed by atoms with Crippen molar-refractivity contribution in [3.63, 3.8) is 0 Å². The summed E-state index contributed by atoms with van der Waals surface area (Å²) >= 11 is 0. The van der Waals surface area contributed by atoms with E-state index in [4.69, 9.17) is 0 Å². The van der Waals surface area contributed by atoms with E-state index in [-0.39, 0.29) is 29.9 Å². The van der Waals surface area contributed by atoms with Crippen LogP contribution in [0.5, 0.6) is 0 Å². The molecule has 1 aromatic carbocycles. The molecule has 156 valence electrons. The first-order valence-electron chi connectivity index (χ1n) is 10.4. The van der Waals surface area contributed by atoms with Crippen molar-refractivity contribution < 1.29 is 4.79 Å². The smallest absolute Gasteiger partial charge is 0.223 e. The van der Waals surface area contributed by atoms with Gasteiger partial charge in [0.05, 0.1) is 0 Å². The molecule has 6 heteroatoms. The number of benzene rings is 1. The molecule has 1 aromatic rings. The summed E-state index contributed by atoms with van der Waals surface area (Å²) in [5.41, 5.74) is 3.01. The summed E-state index contributed by atoms with van der Waals surface area (Å²) < 4.78 is 0. The van der Waals surface area contributed by atoms with Crippen LogP contribution in [0.2, 0.25) is 0 Å². The van der Waals surface area contributed by atoms with Gasteiger partial charge < -0.3 is 15.5 Å². The molecule has 3 rings (SSSR count). The zero-order valence-corrected chi connectivity index (χ0v) is 19.6. The molecule has 0 unspecified atom stereocenters. The second-order valence-electron chi connectivity index (χ2n) is 8.04. The third-order valence-electron chi connectivity index (χ3n) is 6.32. The molecule has 2 aliphatic rings. The molecule has 1 saturated carbocycles. The zero-order valence-electron chi connectivity index (χ0n) is 17.3. The number of nitrogens with zero attached hydrogens (tertiary/aromatic N) is 2. The van der Waals surface area contributed by atoms with Crippen molar-refractivity contribution in [3.8, 4) is 0 Å². The van der Waals surface area contributed by atoms with E-state index in [2.05, 4.69) is 34.7 Å². The molecule has 1 aliphatic carbocycles. The van der Waals surface area contributed by atoms with Gasteiger partial charge in [-0.15, -0.1) is 24.0 Å². The highest BCUT2D eigenvalue weighted by atomic mass is 127. The topological polar surface area (TPSA) is 56.7 Å². The third kappa shape index (κ3) is 5.84. The van der Waals surface area contributed by atoms with E-state index < -0.39 is 0 Å². The van der Waals surface area contributed by atoms with Gasteiger partial charge in [0.15, 0.2) is 5.96 Å². The van der Waals surface area contributed by atoms with Crippen molar-refractivity contribution in [2.45, 2.75) is 65.0 Å². The number of amides is 1. The Labute approximate surface area is 186 Å². The van der Waals surface area contributed by atoms with Crippen LogP contribution in [0.4, 0.5) is 0 Å². The quantitative estimate of drug-likeness (QED) is 0.258. The molecule has 0 aromatic heterocycles. The van der Waals surface area contributed by atoms with Crippen LogP contribution in [0.15, 0.2) is 29.3 Å². The summed E-state index contributed by atoms with van der Waals surface area (Å²) in [6.45, 7) is 5.57. The molecular formula is C22H35IN4O. The highest BCUT2D eigenvalue weighted by Gasteiger charge is 2.31. The molecule has 0 atom stereocenters. The van der Waals surface area contributed by atoms with Gasteiger partial charge in [0, 0.05) is 39.6 Å². The minimum atomic E-state index is 0. The maximum Gasteiger partial charge on any atom is 0.223 e. The first kappa shape index (κ1) is 23.0. The van der Waals surface area contributed by atoms with Crippen molar-refractivity contribution in [3.05, 3.63) is 35.4 Å². The lowest BCUT2D eigenvalue weighted by atomic mass is 9.83. The number of hydrogen-bond acceptors (Lipinski definition) is 2. The number of nitrogens with one attached hydrogen (secondary N) is 2. The fourth-order valence-corrected chi connectivity index (χ4v) is 4.39. The van der Waals surface area contributed by atoms with E-state index in [0.717, 1.165) is 38.6 Å². The number of halogens is 1. The van der Waals surface area contributed by atoms with Crippen molar-refractivity contribution >= 4 is 35.8 Å². The molecule has 28 heavy (non-hydrogen) atoms. The van der Waals surface area contributed by atoms with Crippen LogP contribution >= 0.6 is 24.0 Å². The lowest BCUT2D eigenvalue weighted by Gasteiger charge is -2.28. The molecule has 0 radical (unpaired) electrons. The van der Waals surface area contributed by atoms with Crippen LogP contribution in [-0.2, 0) is 17.9 Å². The van der Waals surface area contributed by atoms with Crippen LogP contribution in [0.3, 0.4) is 0 Å². The molecule has 0 spiro atoms. The summed E-state index contributed by atoms with van der Waals surface area (Å²) in [7, 11) is 1.81. The molecule has 1 aliphatic heterocycles. The molecule has 2 N–H and O–H groups in total. The van der Waals surface area contributed by atoms with E-state index in [9.17, 15) is 4.79 Å². The summed E-state index contributed by atoms with van der Waals surface area (Å²) in [5, 5.41) is 6.87. The minimum absolute atomic E-state index is 0. The SMILES string of the molecule is CCC1(CNC(=NC)NCCCC(=O)N2Cc3ccccc3C2)CCCC1.I. The third-order valence-corrected chi connectivity index (χ3v) is 6.32. The van der Waals surface area contributed by atoms with Gasteiger partial charge in [0.1, 0.15) is 0 Å². The van der Waals surface area contributed by atoms with Gasteiger partial charge >= 0.3 is 0 Å². The van der Waals surface area contributed by atoms with Crippen LogP contribution in [0.25, 0.3) is 0 Å². The van der Waals surface area contributed by atoms with Gasteiger partial charge in [-0.25, -0.2) is 0 Å². The Bertz CT molecular complexity index is 645. The number of carbonyl (C=O) groups excluding carboxylic acids is 1. The van der Waals surface area contributed by atoms with E-state index >= 15 is 0 Å². The number of carbonyl (C=O) groups is 1. The Kier molecular flexibility index (Phi) is 9.05. The molecule has 0 bridgehead atoms. The lowest BCUT2D eigenvalue weighted by molar-refractivity contribution is -0.131. The van der Waals surface area contributed by atoms with Gasteiger partial charge in [-0.05, 0) is 42.2 Å². The van der Waals surface area contributed by atoms with Gasteiger partial charge in [-0.2, -0.15) is 0 Å². The minimum Gasteiger partial charge on any atom is -0.356 e. The molecule has 5 nitrogen and oxygen atoms in total. The first-order valence-corrected chi connectivity index (χ1v) is 10.4. The molecule has 0 saturated heterocycles. The Morgan fingerprint density at radius 3 is 2.36 bits per heavy atom. The zero-order chi connectivity index (χ0) is 19.1. The predicted octanol–water partition coefficient (Wildman–Crippen LogP) is 4.06. The lowest BCUT2D eigenvalue weighted by Crippen LogP contribution is -2.43. The van der Waals surface area contributed by atoms with Crippen molar-refractivity contribution in [1.82, 2.24) is 15.5 Å². The number of fused-ring (bicyclic) bond motifs is 1. The molecular weight excluding hydrogens is 463 g/mol. The standard InChI is InChI=1S/C22H34N4O.HI/c1-3-22(12-6-7-13-22)17-25-21(23-2)24-14-8-11-20(27)26-15-18-9-4-5-10-19(18)16-26;/h4-5,9-10H,3,6-8,11-17H2,1-2H3,(H2,23,24,25);1H. The van der Waals surface area contributed by atoms with Crippen molar-refractivity contribution in [1.29, 1.82) is 0 Å². The first-order chi connectivity index (χ1) is 13.2. The fourth-order valence-electron chi connectivity index (χ4n) is 4.39. The van der Waals surface area contributed by atoms with E-state index in [1.54, 1.807) is 0 Å². The van der Waals surface area contributed by atoms with Gasteiger partial charge in [0.25, 0.3) is 0 Å². The average Bonchev–Trinajstić information content (AvgIpc) is 3.34. The highest BCUT2D eigenvalue weighted by molar-refractivity contribution is 14.0. The summed E-state index contributed by atoms with van der Waals surface area (Å²) in [5.74, 6) is 1.10. The Morgan fingerprint density at radius 1 is 1.14 bits per heavy atom. The number of hydrogen-bond donors (Lipinski definition) is 2. The summed E-state index contributed by atoms with van der Waals surface area (Å²) in [6, 6.07) is 8.33. The Morgan fingerprint density at radius 2 is 1.79 bits per heavy atom. The molecule has 1 heterocycles. The van der Waals surface area contributed by atoms with Crippen molar-refractivity contribution in [2.24, 2.45) is 10.4 Å². The van der Waals surface area contributed by atoms with Crippen LogP contribution < -0.4 is 10.6 Å². The maximum absolute atomic E-state index is 12.5. The molecule has 1 amide bonds. The van der Waals surface area contributed by atoms with Crippen molar-refractivity contribution in [2.75, 3.05) is 20.1 Å². The Balaban J connectivity index is 0.00000280.